The summed E-state index contributed by atoms with van der Waals surface area (Å²) in [6.45, 7) is 4.55. The molecule has 2 rings (SSSR count). The average Bonchev–Trinajstić information content (AvgIpc) is 2.49. The second-order valence-electron chi connectivity index (χ2n) is 5.42. The van der Waals surface area contributed by atoms with Crippen LogP contribution in [-0.2, 0) is 12.0 Å². The molecule has 0 aliphatic heterocycles. The van der Waals surface area contributed by atoms with Crippen LogP contribution >= 0.6 is 27.5 Å². The molecule has 0 aliphatic rings. The lowest BCUT2D eigenvalue weighted by Crippen LogP contribution is -2.13. The van der Waals surface area contributed by atoms with Gasteiger partial charge in [0.1, 0.15) is 0 Å². The molecule has 0 unspecified atom stereocenters. The number of hydrogen-bond donors (Lipinski definition) is 1. The fourth-order valence-electron chi connectivity index (χ4n) is 1.92. The van der Waals surface area contributed by atoms with Crippen molar-refractivity contribution in [3.05, 3.63) is 63.1 Å². The van der Waals surface area contributed by atoms with Crippen LogP contribution < -0.4 is 5.32 Å². The summed E-state index contributed by atoms with van der Waals surface area (Å²) in [6.07, 6.45) is 0. The maximum absolute atomic E-state index is 9.14. The highest BCUT2D eigenvalue weighted by molar-refractivity contribution is 9.10. The lowest BCUT2D eigenvalue weighted by molar-refractivity contribution is 0.687. The number of anilines is 1. The van der Waals surface area contributed by atoms with E-state index in [4.69, 9.17) is 16.9 Å². The third-order valence-electron chi connectivity index (χ3n) is 3.37. The number of hydrogen-bond acceptors (Lipinski definition) is 2. The van der Waals surface area contributed by atoms with Gasteiger partial charge in [-0.2, -0.15) is 5.26 Å². The first-order chi connectivity index (χ1) is 9.92. The van der Waals surface area contributed by atoms with Gasteiger partial charge < -0.3 is 5.32 Å². The van der Waals surface area contributed by atoms with Gasteiger partial charge in [0.2, 0.25) is 0 Å². The minimum Gasteiger partial charge on any atom is -0.381 e. The first-order valence-corrected chi connectivity index (χ1v) is 7.79. The maximum Gasteiger partial charge on any atom is 0.0766 e. The van der Waals surface area contributed by atoms with Gasteiger partial charge in [-0.05, 0) is 65.2 Å². The first kappa shape index (κ1) is 15.9. The van der Waals surface area contributed by atoms with E-state index in [2.05, 4.69) is 27.3 Å². The molecule has 0 aliphatic carbocycles. The number of halogens is 2. The van der Waals surface area contributed by atoms with Gasteiger partial charge in [-0.15, -0.1) is 0 Å². The Labute approximate surface area is 138 Å². The van der Waals surface area contributed by atoms with Crippen LogP contribution in [-0.4, -0.2) is 0 Å². The predicted molar refractivity (Wildman–Crippen MR) is 91.6 cm³/mol. The Morgan fingerprint density at radius 3 is 2.43 bits per heavy atom. The van der Waals surface area contributed by atoms with Crippen LogP contribution in [0.4, 0.5) is 5.69 Å². The summed E-state index contributed by atoms with van der Waals surface area (Å²) in [5, 5.41) is 13.2. The Balaban J connectivity index is 2.04. The number of benzene rings is 2. The standard InChI is InChI=1S/C17H16BrClN2/c1-17(2,11-20)13-4-6-14(7-5-13)21-10-12-3-8-16(19)15(18)9-12/h3-9,21H,10H2,1-2H3. The third-order valence-corrected chi connectivity index (χ3v) is 4.58. The Bertz CT molecular complexity index is 672. The SMILES string of the molecule is CC(C)(C#N)c1ccc(NCc2ccc(Cl)c(Br)c2)cc1. The monoisotopic (exact) mass is 362 g/mol. The van der Waals surface area contributed by atoms with E-state index in [0.717, 1.165) is 27.8 Å². The smallest absolute Gasteiger partial charge is 0.0766 e. The predicted octanol–water partition coefficient (Wildman–Crippen LogP) is 5.52. The normalized spacial score (nSPS) is 11.0. The van der Waals surface area contributed by atoms with Crippen LogP contribution in [0, 0.1) is 11.3 Å². The van der Waals surface area contributed by atoms with Crippen LogP contribution in [0.2, 0.25) is 5.02 Å². The van der Waals surface area contributed by atoms with Gasteiger partial charge in [0, 0.05) is 16.7 Å². The van der Waals surface area contributed by atoms with E-state index in [1.165, 1.54) is 0 Å². The Morgan fingerprint density at radius 2 is 1.86 bits per heavy atom. The highest BCUT2D eigenvalue weighted by atomic mass is 79.9. The quantitative estimate of drug-likeness (QED) is 0.776. The molecule has 2 aromatic carbocycles. The van der Waals surface area contributed by atoms with Crippen molar-refractivity contribution in [1.82, 2.24) is 0 Å². The van der Waals surface area contributed by atoms with Crippen molar-refractivity contribution in [2.24, 2.45) is 0 Å². The summed E-state index contributed by atoms with van der Waals surface area (Å²) in [5.41, 5.74) is 2.73. The highest BCUT2D eigenvalue weighted by Crippen LogP contribution is 2.25. The largest absolute Gasteiger partial charge is 0.381 e. The zero-order valence-corrected chi connectivity index (χ0v) is 14.3. The summed E-state index contributed by atoms with van der Waals surface area (Å²) >= 11 is 9.40. The van der Waals surface area contributed by atoms with Gasteiger partial charge in [0.15, 0.2) is 0 Å². The van der Waals surface area contributed by atoms with E-state index in [1.807, 2.05) is 56.3 Å². The van der Waals surface area contributed by atoms with Gasteiger partial charge in [-0.1, -0.05) is 29.8 Å². The minimum absolute atomic E-state index is 0.459. The van der Waals surface area contributed by atoms with Crippen molar-refractivity contribution in [3.63, 3.8) is 0 Å². The zero-order valence-electron chi connectivity index (χ0n) is 12.0. The molecule has 1 N–H and O–H groups in total. The zero-order chi connectivity index (χ0) is 15.5. The van der Waals surface area contributed by atoms with Crippen molar-refractivity contribution in [3.8, 4) is 6.07 Å². The van der Waals surface area contributed by atoms with Crippen LogP contribution in [0.25, 0.3) is 0 Å². The molecule has 0 bridgehead atoms. The molecule has 0 saturated carbocycles. The number of nitriles is 1. The van der Waals surface area contributed by atoms with Crippen LogP contribution in [0.1, 0.15) is 25.0 Å². The molecular formula is C17H16BrClN2. The topological polar surface area (TPSA) is 35.8 Å². The van der Waals surface area contributed by atoms with Crippen molar-refractivity contribution >= 4 is 33.2 Å². The molecule has 0 fully saturated rings. The van der Waals surface area contributed by atoms with Crippen LogP contribution in [0.3, 0.4) is 0 Å². The van der Waals surface area contributed by atoms with E-state index in [0.29, 0.717) is 5.02 Å². The second-order valence-corrected chi connectivity index (χ2v) is 6.68. The minimum atomic E-state index is -0.459. The molecule has 108 valence electrons. The average molecular weight is 364 g/mol. The molecule has 21 heavy (non-hydrogen) atoms. The van der Waals surface area contributed by atoms with E-state index >= 15 is 0 Å². The third kappa shape index (κ3) is 4.00. The lowest BCUT2D eigenvalue weighted by Gasteiger charge is -2.16. The van der Waals surface area contributed by atoms with Gasteiger partial charge in [-0.3, -0.25) is 0 Å². The highest BCUT2D eigenvalue weighted by Gasteiger charge is 2.18. The van der Waals surface area contributed by atoms with Gasteiger partial charge in [0.05, 0.1) is 16.5 Å². The fourth-order valence-corrected chi connectivity index (χ4v) is 2.47. The van der Waals surface area contributed by atoms with E-state index < -0.39 is 5.41 Å². The van der Waals surface area contributed by atoms with Crippen molar-refractivity contribution in [2.75, 3.05) is 5.32 Å². The second kappa shape index (κ2) is 6.51. The molecule has 0 aromatic heterocycles. The van der Waals surface area contributed by atoms with Crippen molar-refractivity contribution < 1.29 is 0 Å². The molecule has 0 amide bonds. The van der Waals surface area contributed by atoms with Gasteiger partial charge in [-0.25, -0.2) is 0 Å². The molecule has 0 saturated heterocycles. The lowest BCUT2D eigenvalue weighted by atomic mass is 9.86. The van der Waals surface area contributed by atoms with Crippen molar-refractivity contribution in [2.45, 2.75) is 25.8 Å². The van der Waals surface area contributed by atoms with E-state index in [1.54, 1.807) is 0 Å². The van der Waals surface area contributed by atoms with Crippen LogP contribution in [0.5, 0.6) is 0 Å². The molecule has 2 nitrogen and oxygen atoms in total. The molecule has 0 radical (unpaired) electrons. The Hall–Kier alpha value is -1.50. The molecule has 0 spiro atoms. The van der Waals surface area contributed by atoms with E-state index in [-0.39, 0.29) is 0 Å². The van der Waals surface area contributed by atoms with Gasteiger partial charge in [0.25, 0.3) is 0 Å². The summed E-state index contributed by atoms with van der Waals surface area (Å²) in [7, 11) is 0. The molecule has 0 atom stereocenters. The Morgan fingerprint density at radius 1 is 1.19 bits per heavy atom. The number of nitrogens with one attached hydrogen (secondary N) is 1. The van der Waals surface area contributed by atoms with E-state index in [9.17, 15) is 0 Å². The number of rotatable bonds is 4. The molecular weight excluding hydrogens is 348 g/mol. The summed E-state index contributed by atoms with van der Waals surface area (Å²) < 4.78 is 0.898. The summed E-state index contributed by atoms with van der Waals surface area (Å²) in [6, 6.07) is 16.2. The summed E-state index contributed by atoms with van der Waals surface area (Å²) in [5.74, 6) is 0. The van der Waals surface area contributed by atoms with Gasteiger partial charge >= 0.3 is 0 Å². The maximum atomic E-state index is 9.14. The van der Waals surface area contributed by atoms with Crippen molar-refractivity contribution in [1.29, 1.82) is 5.26 Å². The summed E-state index contributed by atoms with van der Waals surface area (Å²) in [4.78, 5) is 0. The first-order valence-electron chi connectivity index (χ1n) is 6.62. The fraction of sp³-hybridized carbons (Fsp3) is 0.235. The molecule has 2 aromatic rings. The van der Waals surface area contributed by atoms with Crippen LogP contribution in [0.15, 0.2) is 46.9 Å². The number of nitrogens with zero attached hydrogens (tertiary/aromatic N) is 1. The molecule has 4 heteroatoms. The Kier molecular flexibility index (Phi) is 4.92. The molecule has 0 heterocycles.